The van der Waals surface area contributed by atoms with Crippen molar-refractivity contribution >= 4 is 0 Å². The summed E-state index contributed by atoms with van der Waals surface area (Å²) < 4.78 is 1.77. The molecule has 0 fully saturated rings. The predicted octanol–water partition coefficient (Wildman–Crippen LogP) is 0.826. The Morgan fingerprint density at radius 3 is 2.91 bits per heavy atom. The topological polar surface area (TPSA) is 38.0 Å². The highest BCUT2D eigenvalue weighted by Crippen LogP contribution is 1.98. The van der Waals surface area contributed by atoms with Crippen molar-refractivity contribution in [2.24, 2.45) is 0 Å². The minimum absolute atomic E-state index is 0.320. The molecule has 0 unspecified atom stereocenters. The van der Waals surface area contributed by atoms with E-state index in [1.165, 1.54) is 5.56 Å². The average molecular weight is 154 g/mol. The van der Waals surface area contributed by atoms with E-state index in [0.29, 0.717) is 6.54 Å². The zero-order chi connectivity index (χ0) is 8.27. The van der Waals surface area contributed by atoms with E-state index in [4.69, 9.17) is 5.11 Å². The second kappa shape index (κ2) is 3.53. The van der Waals surface area contributed by atoms with Crippen LogP contribution in [0.5, 0.6) is 0 Å². The number of aromatic nitrogens is 2. The average Bonchev–Trinajstić information content (AvgIpc) is 2.34. The van der Waals surface area contributed by atoms with Gasteiger partial charge in [0.25, 0.3) is 0 Å². The summed E-state index contributed by atoms with van der Waals surface area (Å²) in [7, 11) is 0. The highest BCUT2D eigenvalue weighted by Gasteiger charge is 1.99. The van der Waals surface area contributed by atoms with Gasteiger partial charge in [-0.1, -0.05) is 6.92 Å². The van der Waals surface area contributed by atoms with Crippen LogP contribution in [0, 0.1) is 0 Å². The van der Waals surface area contributed by atoms with Crippen LogP contribution in [0.15, 0.2) is 12.4 Å². The molecular formula is C8H14N2O. The molecule has 0 amide bonds. The van der Waals surface area contributed by atoms with Gasteiger partial charge in [-0.25, -0.2) is 0 Å². The fourth-order valence-electron chi connectivity index (χ4n) is 0.960. The molecule has 1 aromatic rings. The molecule has 0 saturated carbocycles. The molecule has 0 aromatic carbocycles. The SMILES string of the molecule is CCc1cnn(C[C@@H](C)O)c1. The Hall–Kier alpha value is -0.830. The van der Waals surface area contributed by atoms with Crippen LogP contribution in [0.25, 0.3) is 0 Å². The van der Waals surface area contributed by atoms with E-state index in [0.717, 1.165) is 6.42 Å². The van der Waals surface area contributed by atoms with Crippen LogP contribution in [0.3, 0.4) is 0 Å². The largest absolute Gasteiger partial charge is 0.391 e. The number of rotatable bonds is 3. The lowest BCUT2D eigenvalue weighted by molar-refractivity contribution is 0.168. The summed E-state index contributed by atoms with van der Waals surface area (Å²) in [5, 5.41) is 13.1. The highest BCUT2D eigenvalue weighted by molar-refractivity contribution is 5.02. The summed E-state index contributed by atoms with van der Waals surface area (Å²) in [5.74, 6) is 0. The van der Waals surface area contributed by atoms with E-state index < -0.39 is 0 Å². The lowest BCUT2D eigenvalue weighted by Gasteiger charge is -2.02. The Labute approximate surface area is 66.7 Å². The molecule has 3 heteroatoms. The molecule has 1 aromatic heterocycles. The summed E-state index contributed by atoms with van der Waals surface area (Å²) in [6, 6.07) is 0. The molecule has 3 nitrogen and oxygen atoms in total. The molecule has 11 heavy (non-hydrogen) atoms. The van der Waals surface area contributed by atoms with Crippen LogP contribution >= 0.6 is 0 Å². The quantitative estimate of drug-likeness (QED) is 0.700. The lowest BCUT2D eigenvalue weighted by atomic mass is 10.3. The molecule has 1 N–H and O–H groups in total. The van der Waals surface area contributed by atoms with Gasteiger partial charge in [-0.2, -0.15) is 5.10 Å². The molecule has 0 aliphatic heterocycles. The Kier molecular flexibility index (Phi) is 2.65. The standard InChI is InChI=1S/C8H14N2O/c1-3-8-4-9-10(6-8)5-7(2)11/h4,6-7,11H,3,5H2,1-2H3/t7-/m1/s1. The van der Waals surface area contributed by atoms with Crippen molar-refractivity contribution < 1.29 is 5.11 Å². The van der Waals surface area contributed by atoms with Gasteiger partial charge in [-0.05, 0) is 18.9 Å². The zero-order valence-corrected chi connectivity index (χ0v) is 6.99. The zero-order valence-electron chi connectivity index (χ0n) is 6.99. The lowest BCUT2D eigenvalue weighted by Crippen LogP contribution is -2.11. The molecule has 1 atom stereocenters. The smallest absolute Gasteiger partial charge is 0.0708 e. The summed E-state index contributed by atoms with van der Waals surface area (Å²) in [6.45, 7) is 4.43. The molecule has 0 spiro atoms. The van der Waals surface area contributed by atoms with E-state index >= 15 is 0 Å². The Balaban J connectivity index is 2.58. The summed E-state index contributed by atoms with van der Waals surface area (Å²) in [6.07, 6.45) is 4.48. The van der Waals surface area contributed by atoms with Crippen molar-refractivity contribution in [2.75, 3.05) is 0 Å². The van der Waals surface area contributed by atoms with Gasteiger partial charge in [-0.3, -0.25) is 4.68 Å². The van der Waals surface area contributed by atoms with E-state index in [1.54, 1.807) is 11.6 Å². The fourth-order valence-corrected chi connectivity index (χ4v) is 0.960. The Morgan fingerprint density at radius 1 is 1.73 bits per heavy atom. The van der Waals surface area contributed by atoms with Crippen LogP contribution in [0.2, 0.25) is 0 Å². The monoisotopic (exact) mass is 154 g/mol. The van der Waals surface area contributed by atoms with Crippen molar-refractivity contribution in [3.05, 3.63) is 18.0 Å². The van der Waals surface area contributed by atoms with Gasteiger partial charge in [0.15, 0.2) is 0 Å². The second-order valence-electron chi connectivity index (χ2n) is 2.77. The van der Waals surface area contributed by atoms with Crippen LogP contribution in [0.4, 0.5) is 0 Å². The van der Waals surface area contributed by atoms with Crippen molar-refractivity contribution in [2.45, 2.75) is 32.9 Å². The predicted molar refractivity (Wildman–Crippen MR) is 43.3 cm³/mol. The van der Waals surface area contributed by atoms with E-state index in [2.05, 4.69) is 12.0 Å². The number of hydrogen-bond donors (Lipinski definition) is 1. The molecule has 62 valence electrons. The first kappa shape index (κ1) is 8.27. The molecule has 0 aliphatic rings. The summed E-state index contributed by atoms with van der Waals surface area (Å²) in [4.78, 5) is 0. The van der Waals surface area contributed by atoms with Gasteiger partial charge in [0, 0.05) is 6.20 Å². The maximum absolute atomic E-state index is 9.03. The van der Waals surface area contributed by atoms with Gasteiger partial charge in [0.05, 0.1) is 18.8 Å². The van der Waals surface area contributed by atoms with Crippen LogP contribution < -0.4 is 0 Å². The summed E-state index contributed by atoms with van der Waals surface area (Å²) >= 11 is 0. The third-order valence-corrected chi connectivity index (χ3v) is 1.55. The van der Waals surface area contributed by atoms with Crippen LogP contribution in [-0.2, 0) is 13.0 Å². The van der Waals surface area contributed by atoms with E-state index in [9.17, 15) is 0 Å². The highest BCUT2D eigenvalue weighted by atomic mass is 16.3. The maximum atomic E-state index is 9.03. The molecular weight excluding hydrogens is 140 g/mol. The molecule has 0 saturated heterocycles. The number of aliphatic hydroxyl groups excluding tert-OH is 1. The van der Waals surface area contributed by atoms with Crippen molar-refractivity contribution in [1.82, 2.24) is 9.78 Å². The third-order valence-electron chi connectivity index (χ3n) is 1.55. The van der Waals surface area contributed by atoms with Gasteiger partial charge in [-0.15, -0.1) is 0 Å². The van der Waals surface area contributed by atoms with Gasteiger partial charge >= 0.3 is 0 Å². The Morgan fingerprint density at radius 2 is 2.45 bits per heavy atom. The van der Waals surface area contributed by atoms with E-state index in [-0.39, 0.29) is 6.10 Å². The second-order valence-corrected chi connectivity index (χ2v) is 2.77. The van der Waals surface area contributed by atoms with Gasteiger partial charge < -0.3 is 5.11 Å². The van der Waals surface area contributed by atoms with Gasteiger partial charge in [0.1, 0.15) is 0 Å². The fraction of sp³-hybridized carbons (Fsp3) is 0.625. The Bertz CT molecular complexity index is 218. The van der Waals surface area contributed by atoms with Crippen LogP contribution in [-0.4, -0.2) is 21.0 Å². The number of hydrogen-bond acceptors (Lipinski definition) is 2. The molecule has 1 rings (SSSR count). The first-order valence-electron chi connectivity index (χ1n) is 3.91. The summed E-state index contributed by atoms with van der Waals surface area (Å²) in [5.41, 5.74) is 1.21. The van der Waals surface area contributed by atoms with Crippen LogP contribution in [0.1, 0.15) is 19.4 Å². The maximum Gasteiger partial charge on any atom is 0.0708 e. The molecule has 0 aliphatic carbocycles. The molecule has 1 heterocycles. The normalized spacial score (nSPS) is 13.4. The van der Waals surface area contributed by atoms with E-state index in [1.807, 2.05) is 12.4 Å². The number of aliphatic hydroxyl groups is 1. The number of aryl methyl sites for hydroxylation is 1. The first-order chi connectivity index (χ1) is 5.22. The first-order valence-corrected chi connectivity index (χ1v) is 3.91. The van der Waals surface area contributed by atoms with Crippen molar-refractivity contribution in [1.29, 1.82) is 0 Å². The van der Waals surface area contributed by atoms with Crippen molar-refractivity contribution in [3.63, 3.8) is 0 Å². The molecule has 0 bridgehead atoms. The minimum Gasteiger partial charge on any atom is -0.391 e. The third kappa shape index (κ3) is 2.35. The van der Waals surface area contributed by atoms with Gasteiger partial charge in [0.2, 0.25) is 0 Å². The van der Waals surface area contributed by atoms with Crippen molar-refractivity contribution in [3.8, 4) is 0 Å². The number of nitrogens with zero attached hydrogens (tertiary/aromatic N) is 2. The minimum atomic E-state index is -0.320. The molecule has 0 radical (unpaired) electrons.